The minimum absolute atomic E-state index is 0.0671. The molecule has 0 saturated heterocycles. The fraction of sp³-hybridized carbons (Fsp3) is 0.412. The summed E-state index contributed by atoms with van der Waals surface area (Å²) in [5.41, 5.74) is 1.94. The van der Waals surface area contributed by atoms with E-state index in [1.54, 1.807) is 11.3 Å². The van der Waals surface area contributed by atoms with E-state index in [1.807, 2.05) is 40.0 Å². The maximum Gasteiger partial charge on any atom is 0.275 e. The van der Waals surface area contributed by atoms with E-state index >= 15 is 0 Å². The van der Waals surface area contributed by atoms with Gasteiger partial charge in [0.1, 0.15) is 17.2 Å². The number of carbonyl (C=O) groups is 1. The van der Waals surface area contributed by atoms with E-state index in [0.29, 0.717) is 6.54 Å². The third-order valence-electron chi connectivity index (χ3n) is 3.08. The van der Waals surface area contributed by atoms with Crippen LogP contribution in [0.1, 0.15) is 26.5 Å². The molecule has 2 rings (SSSR count). The number of likely N-dealkylation sites (N-methyl/N-ethyl adjacent to an activating group) is 1. The Morgan fingerprint density at radius 2 is 2.13 bits per heavy atom. The highest BCUT2D eigenvalue weighted by Crippen LogP contribution is 2.25. The Kier molecular flexibility index (Phi) is 5.95. The van der Waals surface area contributed by atoms with Crippen LogP contribution in [0, 0.1) is 0 Å². The molecule has 1 atom stereocenters. The number of nitrogens with one attached hydrogen (secondary N) is 2. The number of hydrogen-bond donors (Lipinski definition) is 2. The molecular formula is C17H23BrN3OS+. The van der Waals surface area contributed by atoms with E-state index in [-0.39, 0.29) is 11.4 Å². The fourth-order valence-electron chi connectivity index (χ4n) is 2.25. The average molecular weight is 397 g/mol. The van der Waals surface area contributed by atoms with Crippen LogP contribution in [0.4, 0.5) is 0 Å². The number of hydrogen-bond acceptors (Lipinski definition) is 3. The molecule has 1 heterocycles. The standard InChI is InChI=1S/C17H22BrN3OS/c1-17(2,3)20-15(22)10-21(4)9-14-11-23-16(19-14)12-6-5-7-13(18)8-12/h5-8,11H,9-10H2,1-4H3,(H,20,22)/p+1. The first-order valence-electron chi connectivity index (χ1n) is 7.55. The second-order valence-electron chi connectivity index (χ2n) is 6.76. The Morgan fingerprint density at radius 3 is 2.78 bits per heavy atom. The quantitative estimate of drug-likeness (QED) is 0.815. The zero-order valence-electron chi connectivity index (χ0n) is 13.9. The molecule has 0 aliphatic rings. The molecule has 0 bridgehead atoms. The number of benzene rings is 1. The van der Waals surface area contributed by atoms with Crippen molar-refractivity contribution in [3.63, 3.8) is 0 Å². The molecule has 0 aliphatic carbocycles. The van der Waals surface area contributed by atoms with Gasteiger partial charge in [-0.2, -0.15) is 0 Å². The van der Waals surface area contributed by atoms with Crippen molar-refractivity contribution in [1.29, 1.82) is 0 Å². The lowest BCUT2D eigenvalue weighted by molar-refractivity contribution is -0.885. The Morgan fingerprint density at radius 1 is 1.39 bits per heavy atom. The Bertz CT molecular complexity index is 678. The van der Waals surface area contributed by atoms with Crippen molar-refractivity contribution in [3.8, 4) is 10.6 Å². The van der Waals surface area contributed by atoms with Gasteiger partial charge in [-0.15, -0.1) is 11.3 Å². The first-order valence-corrected chi connectivity index (χ1v) is 9.23. The van der Waals surface area contributed by atoms with Crippen LogP contribution in [0.25, 0.3) is 10.6 Å². The second kappa shape index (κ2) is 7.55. The average Bonchev–Trinajstić information content (AvgIpc) is 2.84. The van der Waals surface area contributed by atoms with Crippen LogP contribution in [0.2, 0.25) is 0 Å². The molecule has 1 unspecified atom stereocenters. The SMILES string of the molecule is C[NH+](CC(=O)NC(C)(C)C)Cc1csc(-c2cccc(Br)c2)n1. The maximum atomic E-state index is 12.0. The topological polar surface area (TPSA) is 46.4 Å². The van der Waals surface area contributed by atoms with Gasteiger partial charge in [-0.1, -0.05) is 28.1 Å². The summed E-state index contributed by atoms with van der Waals surface area (Å²) < 4.78 is 1.05. The summed E-state index contributed by atoms with van der Waals surface area (Å²) >= 11 is 5.12. The van der Waals surface area contributed by atoms with E-state index in [1.165, 1.54) is 0 Å². The highest BCUT2D eigenvalue weighted by molar-refractivity contribution is 9.10. The van der Waals surface area contributed by atoms with Gasteiger partial charge in [-0.25, -0.2) is 4.98 Å². The summed E-state index contributed by atoms with van der Waals surface area (Å²) in [5, 5.41) is 6.07. The molecule has 124 valence electrons. The molecule has 23 heavy (non-hydrogen) atoms. The molecule has 0 spiro atoms. The second-order valence-corrected chi connectivity index (χ2v) is 8.54. The zero-order valence-corrected chi connectivity index (χ0v) is 16.3. The van der Waals surface area contributed by atoms with Crippen LogP contribution in [0.5, 0.6) is 0 Å². The van der Waals surface area contributed by atoms with Crippen molar-refractivity contribution >= 4 is 33.2 Å². The molecule has 6 heteroatoms. The Balaban J connectivity index is 1.95. The summed E-state index contributed by atoms with van der Waals surface area (Å²) in [7, 11) is 2.01. The summed E-state index contributed by atoms with van der Waals surface area (Å²) in [4.78, 5) is 17.8. The number of aromatic nitrogens is 1. The fourth-order valence-corrected chi connectivity index (χ4v) is 3.47. The maximum absolute atomic E-state index is 12.0. The molecule has 2 N–H and O–H groups in total. The minimum Gasteiger partial charge on any atom is -0.347 e. The largest absolute Gasteiger partial charge is 0.347 e. The molecule has 0 radical (unpaired) electrons. The number of nitrogens with zero attached hydrogens (tertiary/aromatic N) is 1. The van der Waals surface area contributed by atoms with Crippen molar-refractivity contribution < 1.29 is 9.69 Å². The first-order chi connectivity index (χ1) is 10.7. The molecule has 4 nitrogen and oxygen atoms in total. The highest BCUT2D eigenvalue weighted by atomic mass is 79.9. The minimum atomic E-state index is -0.189. The van der Waals surface area contributed by atoms with Gasteiger partial charge in [0.25, 0.3) is 5.91 Å². The first kappa shape index (κ1) is 18.1. The van der Waals surface area contributed by atoms with Crippen LogP contribution >= 0.6 is 27.3 Å². The van der Waals surface area contributed by atoms with Crippen molar-refractivity contribution in [2.24, 2.45) is 0 Å². The number of amides is 1. The number of rotatable bonds is 5. The van der Waals surface area contributed by atoms with Gasteiger partial charge in [0.2, 0.25) is 0 Å². The van der Waals surface area contributed by atoms with E-state index in [9.17, 15) is 4.79 Å². The van der Waals surface area contributed by atoms with Crippen molar-refractivity contribution in [1.82, 2.24) is 10.3 Å². The van der Waals surface area contributed by atoms with Crippen LogP contribution < -0.4 is 10.2 Å². The van der Waals surface area contributed by atoms with Gasteiger partial charge in [-0.05, 0) is 32.9 Å². The summed E-state index contributed by atoms with van der Waals surface area (Å²) in [5.74, 6) is 0.0671. The molecule has 0 saturated carbocycles. The highest BCUT2D eigenvalue weighted by Gasteiger charge is 2.18. The van der Waals surface area contributed by atoms with E-state index in [2.05, 4.69) is 43.7 Å². The third-order valence-corrected chi connectivity index (χ3v) is 4.52. The zero-order chi connectivity index (χ0) is 17.0. The van der Waals surface area contributed by atoms with Crippen molar-refractivity contribution in [2.45, 2.75) is 32.9 Å². The number of thiazole rings is 1. The molecule has 0 aliphatic heterocycles. The lowest BCUT2D eigenvalue weighted by Crippen LogP contribution is -3.09. The van der Waals surface area contributed by atoms with E-state index < -0.39 is 0 Å². The number of quaternary nitrogens is 1. The van der Waals surface area contributed by atoms with Crippen LogP contribution in [0.3, 0.4) is 0 Å². The molecule has 1 aromatic heterocycles. The Labute approximate surface area is 150 Å². The molecule has 0 fully saturated rings. The molecule has 1 aromatic carbocycles. The smallest absolute Gasteiger partial charge is 0.275 e. The van der Waals surface area contributed by atoms with E-state index in [0.717, 1.165) is 32.2 Å². The van der Waals surface area contributed by atoms with Gasteiger partial charge in [0.05, 0.1) is 7.05 Å². The van der Waals surface area contributed by atoms with Crippen LogP contribution in [-0.4, -0.2) is 30.0 Å². The van der Waals surface area contributed by atoms with Gasteiger partial charge in [-0.3, -0.25) is 4.79 Å². The van der Waals surface area contributed by atoms with Gasteiger partial charge >= 0.3 is 0 Å². The number of carbonyl (C=O) groups excluding carboxylic acids is 1. The van der Waals surface area contributed by atoms with E-state index in [4.69, 9.17) is 0 Å². The summed E-state index contributed by atoms with van der Waals surface area (Å²) in [6.45, 7) is 7.16. The monoisotopic (exact) mass is 396 g/mol. The van der Waals surface area contributed by atoms with Crippen LogP contribution in [0.15, 0.2) is 34.1 Å². The molecule has 1 amide bonds. The summed E-state index contributed by atoms with van der Waals surface area (Å²) in [6.07, 6.45) is 0. The van der Waals surface area contributed by atoms with Crippen molar-refractivity contribution in [2.75, 3.05) is 13.6 Å². The molecule has 2 aromatic rings. The lowest BCUT2D eigenvalue weighted by atomic mass is 10.1. The lowest BCUT2D eigenvalue weighted by Gasteiger charge is -2.21. The predicted molar refractivity (Wildman–Crippen MR) is 98.6 cm³/mol. The van der Waals surface area contributed by atoms with Crippen LogP contribution in [-0.2, 0) is 11.3 Å². The third kappa shape index (κ3) is 6.05. The van der Waals surface area contributed by atoms with Gasteiger partial charge in [0.15, 0.2) is 6.54 Å². The predicted octanol–water partition coefficient (Wildman–Crippen LogP) is 2.50. The number of halogens is 1. The normalized spacial score (nSPS) is 12.9. The Hall–Kier alpha value is -1.24. The molecular weight excluding hydrogens is 374 g/mol. The van der Waals surface area contributed by atoms with Gasteiger partial charge < -0.3 is 10.2 Å². The summed E-state index contributed by atoms with van der Waals surface area (Å²) in [6, 6.07) is 8.13. The van der Waals surface area contributed by atoms with Crippen molar-refractivity contribution in [3.05, 3.63) is 39.8 Å². The van der Waals surface area contributed by atoms with Gasteiger partial charge in [0, 0.05) is 21.0 Å².